The summed E-state index contributed by atoms with van der Waals surface area (Å²) in [4.78, 5) is 18.5. The molecule has 1 aromatic rings. The molecule has 1 saturated heterocycles. The maximum absolute atomic E-state index is 10.8. The molecule has 0 aliphatic carbocycles. The van der Waals surface area contributed by atoms with E-state index in [1.165, 1.54) is 0 Å². The molecule has 0 aromatic carbocycles. The Labute approximate surface area is 70.6 Å². The van der Waals surface area contributed by atoms with Gasteiger partial charge in [0.15, 0.2) is 0 Å². The number of rotatable bonds is 1. The Kier molecular flexibility index (Phi) is 1.77. The van der Waals surface area contributed by atoms with Gasteiger partial charge in [-0.05, 0) is 20.0 Å². The third-order valence-electron chi connectivity index (χ3n) is 2.45. The molecule has 1 fully saturated rings. The number of nitrogens with one attached hydrogen (secondary N) is 2. The second kappa shape index (κ2) is 2.79. The molecule has 12 heavy (non-hydrogen) atoms. The largest absolute Gasteiger partial charge is 0.323 e. The molecular weight excluding hydrogens is 154 g/mol. The predicted molar refractivity (Wildman–Crippen MR) is 46.3 cm³/mol. The third-order valence-corrected chi connectivity index (χ3v) is 2.45. The Morgan fingerprint density at radius 1 is 1.67 bits per heavy atom. The van der Waals surface area contributed by atoms with Crippen LogP contribution >= 0.6 is 0 Å². The number of nitrogens with zero attached hydrogens (tertiary/aromatic N) is 1. The van der Waals surface area contributed by atoms with Gasteiger partial charge >= 0.3 is 5.69 Å². The number of hydrogen-bond acceptors (Lipinski definition) is 2. The van der Waals surface area contributed by atoms with Gasteiger partial charge in [-0.25, -0.2) is 4.79 Å². The molecule has 1 aliphatic heterocycles. The summed E-state index contributed by atoms with van der Waals surface area (Å²) in [7, 11) is 2.10. The molecule has 1 unspecified atom stereocenters. The van der Waals surface area contributed by atoms with Gasteiger partial charge in [0.2, 0.25) is 0 Å². The van der Waals surface area contributed by atoms with Crippen LogP contribution in [0.5, 0.6) is 0 Å². The standard InChI is InChI=1S/C8H13N3O/c1-11-3-2-6(5-11)7-4-9-8(12)10-7/h4,6H,2-3,5H2,1H3,(H2,9,10,12). The fourth-order valence-electron chi connectivity index (χ4n) is 1.76. The number of likely N-dealkylation sites (N-methyl/N-ethyl adjacent to an activating group) is 1. The lowest BCUT2D eigenvalue weighted by Crippen LogP contribution is -2.13. The van der Waals surface area contributed by atoms with Gasteiger partial charge in [0, 0.05) is 24.4 Å². The van der Waals surface area contributed by atoms with Crippen LogP contribution in [0.4, 0.5) is 0 Å². The zero-order valence-electron chi connectivity index (χ0n) is 7.13. The molecule has 4 heteroatoms. The molecule has 2 heterocycles. The Bertz CT molecular complexity index is 314. The maximum Gasteiger partial charge on any atom is 0.323 e. The first-order valence-electron chi connectivity index (χ1n) is 4.22. The average molecular weight is 167 g/mol. The maximum atomic E-state index is 10.8. The summed E-state index contributed by atoms with van der Waals surface area (Å²) in [6.45, 7) is 2.17. The summed E-state index contributed by atoms with van der Waals surface area (Å²) in [5.74, 6) is 0.508. The van der Waals surface area contributed by atoms with Crippen molar-refractivity contribution in [3.05, 3.63) is 22.4 Å². The molecular formula is C8H13N3O. The van der Waals surface area contributed by atoms with E-state index in [2.05, 4.69) is 21.9 Å². The van der Waals surface area contributed by atoms with Gasteiger partial charge in [-0.15, -0.1) is 0 Å². The lowest BCUT2D eigenvalue weighted by Gasteiger charge is -2.06. The lowest BCUT2D eigenvalue weighted by molar-refractivity contribution is 0.411. The Balaban J connectivity index is 2.16. The van der Waals surface area contributed by atoms with E-state index in [-0.39, 0.29) is 5.69 Å². The van der Waals surface area contributed by atoms with Crippen LogP contribution in [-0.2, 0) is 0 Å². The van der Waals surface area contributed by atoms with Crippen LogP contribution in [-0.4, -0.2) is 35.0 Å². The quantitative estimate of drug-likeness (QED) is 0.624. The fourth-order valence-corrected chi connectivity index (χ4v) is 1.76. The Morgan fingerprint density at radius 2 is 2.50 bits per heavy atom. The van der Waals surface area contributed by atoms with Crippen molar-refractivity contribution in [2.75, 3.05) is 20.1 Å². The summed E-state index contributed by atoms with van der Waals surface area (Å²) in [6, 6.07) is 0. The summed E-state index contributed by atoms with van der Waals surface area (Å²) >= 11 is 0. The van der Waals surface area contributed by atoms with E-state index in [9.17, 15) is 4.79 Å². The van der Waals surface area contributed by atoms with E-state index >= 15 is 0 Å². The van der Waals surface area contributed by atoms with Crippen molar-refractivity contribution in [3.63, 3.8) is 0 Å². The van der Waals surface area contributed by atoms with Crippen molar-refractivity contribution in [3.8, 4) is 0 Å². The molecule has 2 N–H and O–H groups in total. The Hall–Kier alpha value is -1.03. The number of hydrogen-bond donors (Lipinski definition) is 2. The molecule has 1 aromatic heterocycles. The van der Waals surface area contributed by atoms with E-state index in [0.29, 0.717) is 5.92 Å². The summed E-state index contributed by atoms with van der Waals surface area (Å²) in [6.07, 6.45) is 2.93. The minimum Gasteiger partial charge on any atom is -0.313 e. The summed E-state index contributed by atoms with van der Waals surface area (Å²) in [5, 5.41) is 0. The highest BCUT2D eigenvalue weighted by atomic mass is 16.1. The normalized spacial score (nSPS) is 24.9. The van der Waals surface area contributed by atoms with E-state index in [1.807, 2.05) is 0 Å². The van der Waals surface area contributed by atoms with Crippen molar-refractivity contribution in [2.24, 2.45) is 0 Å². The Morgan fingerprint density at radius 3 is 3.00 bits per heavy atom. The molecule has 2 rings (SSSR count). The SMILES string of the molecule is CN1CCC(c2c[nH]c(=O)[nH]2)C1. The zero-order valence-corrected chi connectivity index (χ0v) is 7.13. The van der Waals surface area contributed by atoms with E-state index < -0.39 is 0 Å². The van der Waals surface area contributed by atoms with E-state index in [0.717, 1.165) is 25.2 Å². The fraction of sp³-hybridized carbons (Fsp3) is 0.625. The molecule has 0 spiro atoms. The molecule has 66 valence electrons. The van der Waals surface area contributed by atoms with Gasteiger partial charge < -0.3 is 14.9 Å². The zero-order chi connectivity index (χ0) is 8.55. The van der Waals surface area contributed by atoms with Crippen LogP contribution in [0.2, 0.25) is 0 Å². The third kappa shape index (κ3) is 1.30. The number of aromatic amines is 2. The highest BCUT2D eigenvalue weighted by Crippen LogP contribution is 2.22. The number of aromatic nitrogens is 2. The number of imidazole rings is 1. The molecule has 0 bridgehead atoms. The monoisotopic (exact) mass is 167 g/mol. The summed E-state index contributed by atoms with van der Waals surface area (Å²) in [5.41, 5.74) is 0.948. The summed E-state index contributed by atoms with van der Waals surface area (Å²) < 4.78 is 0. The minimum absolute atomic E-state index is 0.0976. The van der Waals surface area contributed by atoms with E-state index in [4.69, 9.17) is 0 Å². The first-order valence-corrected chi connectivity index (χ1v) is 4.22. The van der Waals surface area contributed by atoms with Crippen LogP contribution in [0.3, 0.4) is 0 Å². The van der Waals surface area contributed by atoms with Gasteiger partial charge in [-0.3, -0.25) is 0 Å². The highest BCUT2D eigenvalue weighted by molar-refractivity contribution is 5.06. The topological polar surface area (TPSA) is 51.9 Å². The van der Waals surface area contributed by atoms with Gasteiger partial charge in [0.25, 0.3) is 0 Å². The van der Waals surface area contributed by atoms with Crippen LogP contribution in [0, 0.1) is 0 Å². The van der Waals surface area contributed by atoms with Crippen LogP contribution in [0.15, 0.2) is 11.0 Å². The van der Waals surface area contributed by atoms with Gasteiger partial charge in [0.05, 0.1) is 0 Å². The van der Waals surface area contributed by atoms with Crippen molar-refractivity contribution in [1.29, 1.82) is 0 Å². The minimum atomic E-state index is -0.0976. The second-order valence-corrected chi connectivity index (χ2v) is 3.45. The van der Waals surface area contributed by atoms with Crippen LogP contribution < -0.4 is 5.69 Å². The second-order valence-electron chi connectivity index (χ2n) is 3.45. The molecule has 1 atom stereocenters. The first kappa shape index (κ1) is 7.61. The van der Waals surface area contributed by atoms with Crippen molar-refractivity contribution < 1.29 is 0 Å². The van der Waals surface area contributed by atoms with E-state index in [1.54, 1.807) is 6.20 Å². The molecule has 4 nitrogen and oxygen atoms in total. The van der Waals surface area contributed by atoms with Crippen molar-refractivity contribution in [1.82, 2.24) is 14.9 Å². The number of likely N-dealkylation sites (tertiary alicyclic amines) is 1. The van der Waals surface area contributed by atoms with Gasteiger partial charge in [0.1, 0.15) is 0 Å². The molecule has 0 radical (unpaired) electrons. The average Bonchev–Trinajstić information content (AvgIpc) is 2.58. The predicted octanol–water partition coefficient (Wildman–Crippen LogP) is 0.122. The highest BCUT2D eigenvalue weighted by Gasteiger charge is 2.21. The van der Waals surface area contributed by atoms with Gasteiger partial charge in [-0.2, -0.15) is 0 Å². The van der Waals surface area contributed by atoms with Gasteiger partial charge in [-0.1, -0.05) is 0 Å². The first-order chi connectivity index (χ1) is 5.75. The van der Waals surface area contributed by atoms with Crippen molar-refractivity contribution >= 4 is 0 Å². The smallest absolute Gasteiger partial charge is 0.313 e. The van der Waals surface area contributed by atoms with Crippen LogP contribution in [0.25, 0.3) is 0 Å². The molecule has 0 amide bonds. The van der Waals surface area contributed by atoms with Crippen LogP contribution in [0.1, 0.15) is 18.0 Å². The van der Waals surface area contributed by atoms with Crippen molar-refractivity contribution in [2.45, 2.75) is 12.3 Å². The lowest BCUT2D eigenvalue weighted by atomic mass is 10.1. The molecule has 0 saturated carbocycles. The molecule has 1 aliphatic rings. The number of H-pyrrole nitrogens is 2.